The third-order valence-corrected chi connectivity index (χ3v) is 10.2. The van der Waals surface area contributed by atoms with Crippen LogP contribution in [0.2, 0.25) is 5.02 Å². The summed E-state index contributed by atoms with van der Waals surface area (Å²) < 4.78 is 5.84. The van der Waals surface area contributed by atoms with Crippen molar-refractivity contribution < 1.29 is 24.5 Å². The van der Waals surface area contributed by atoms with Crippen molar-refractivity contribution in [1.82, 2.24) is 9.97 Å². The van der Waals surface area contributed by atoms with Crippen molar-refractivity contribution >= 4 is 34.1 Å². The molecule has 1 aromatic carbocycles. The lowest BCUT2D eigenvalue weighted by atomic mass is 9.46. The Morgan fingerprint density at radius 1 is 1.24 bits per heavy atom. The van der Waals surface area contributed by atoms with Gasteiger partial charge in [-0.05, 0) is 74.3 Å². The molecule has 8 heteroatoms. The van der Waals surface area contributed by atoms with E-state index in [4.69, 9.17) is 16.3 Å². The molecule has 4 aliphatic rings. The van der Waals surface area contributed by atoms with E-state index in [-0.39, 0.29) is 41.4 Å². The minimum atomic E-state index is -1.61. The second-order valence-electron chi connectivity index (χ2n) is 11.7. The van der Waals surface area contributed by atoms with Crippen LogP contribution in [0.5, 0.6) is 5.88 Å². The Morgan fingerprint density at radius 3 is 2.86 bits per heavy atom. The summed E-state index contributed by atoms with van der Waals surface area (Å²) in [4.78, 5) is 34.0. The number of hydrogen-bond donors (Lipinski definition) is 2. The minimum absolute atomic E-state index is 0.00136. The second-order valence-corrected chi connectivity index (χ2v) is 12.1. The van der Waals surface area contributed by atoms with Crippen molar-refractivity contribution in [3.8, 4) is 5.88 Å². The van der Waals surface area contributed by atoms with E-state index in [9.17, 15) is 19.8 Å². The van der Waals surface area contributed by atoms with Crippen LogP contribution in [0.25, 0.3) is 10.9 Å². The molecule has 37 heavy (non-hydrogen) atoms. The van der Waals surface area contributed by atoms with Crippen LogP contribution in [0.3, 0.4) is 0 Å². The van der Waals surface area contributed by atoms with Gasteiger partial charge in [-0.2, -0.15) is 0 Å². The Hall–Kier alpha value is -2.61. The largest absolute Gasteiger partial charge is 0.469 e. The summed E-state index contributed by atoms with van der Waals surface area (Å²) in [5, 5.41) is 24.6. The van der Waals surface area contributed by atoms with Gasteiger partial charge in [-0.3, -0.25) is 9.59 Å². The molecular weight excluding hydrogens is 492 g/mol. The van der Waals surface area contributed by atoms with Gasteiger partial charge in [-0.15, -0.1) is 0 Å². The van der Waals surface area contributed by atoms with Crippen LogP contribution in [-0.2, 0) is 9.59 Å². The maximum absolute atomic E-state index is 13.6. The van der Waals surface area contributed by atoms with Crippen molar-refractivity contribution in [2.45, 2.75) is 57.7 Å². The summed E-state index contributed by atoms with van der Waals surface area (Å²) in [6.07, 6.45) is 8.95. The molecule has 0 radical (unpaired) electrons. The van der Waals surface area contributed by atoms with Crippen LogP contribution in [0.15, 0.2) is 48.3 Å². The first-order valence-corrected chi connectivity index (χ1v) is 13.4. The number of ether oxygens (including phenoxy) is 1. The number of allylic oxidation sites excluding steroid dienone is 4. The molecule has 2 aromatic rings. The van der Waals surface area contributed by atoms with E-state index in [1.165, 1.54) is 6.33 Å². The molecule has 0 amide bonds. The molecule has 7 nitrogen and oxygen atoms in total. The molecule has 7 atom stereocenters. The molecule has 0 saturated heterocycles. The van der Waals surface area contributed by atoms with Crippen LogP contribution in [0.1, 0.15) is 46.0 Å². The Morgan fingerprint density at radius 2 is 2.05 bits per heavy atom. The smallest absolute Gasteiger partial charge is 0.224 e. The molecule has 6 rings (SSSR count). The number of aliphatic hydroxyl groups excluding tert-OH is 1. The normalized spacial score (nSPS) is 38.5. The van der Waals surface area contributed by atoms with Crippen LogP contribution in [0, 0.1) is 28.6 Å². The van der Waals surface area contributed by atoms with Gasteiger partial charge < -0.3 is 14.9 Å². The standard InChI is InChI=1S/C29H31ClN2O5/c1-27-9-7-18(33)11-16(27)3-5-19-21-8-10-29(36,28(21,2)13-23(34)25(19)27)24(35)14-37-26-20-6-4-17(30)12-22(20)31-15-32-26/h4,6-7,9,11-12,15,19,21,23,25,34,36H,3,5,8,10,13-14H2,1-2H3/t19?,21?,23?,25?,27?,28?,29-/m0/s1. The van der Waals surface area contributed by atoms with Crippen LogP contribution in [-0.4, -0.2) is 50.1 Å². The van der Waals surface area contributed by atoms with Crippen LogP contribution in [0.4, 0.5) is 0 Å². The minimum Gasteiger partial charge on any atom is -0.469 e. The Balaban J connectivity index is 1.26. The average Bonchev–Trinajstić information content (AvgIpc) is 3.13. The topological polar surface area (TPSA) is 110 Å². The third kappa shape index (κ3) is 3.54. The third-order valence-electron chi connectivity index (χ3n) is 10.0. The molecule has 4 aliphatic carbocycles. The van der Waals surface area contributed by atoms with Crippen molar-refractivity contribution in [3.05, 3.63) is 53.4 Å². The van der Waals surface area contributed by atoms with Gasteiger partial charge >= 0.3 is 0 Å². The molecule has 1 heterocycles. The maximum Gasteiger partial charge on any atom is 0.224 e. The zero-order chi connectivity index (χ0) is 26.2. The van der Waals surface area contributed by atoms with Crippen molar-refractivity contribution in [1.29, 1.82) is 0 Å². The lowest BCUT2D eigenvalue weighted by Gasteiger charge is -2.59. The molecule has 2 N–H and O–H groups in total. The summed E-state index contributed by atoms with van der Waals surface area (Å²) in [6, 6.07) is 5.16. The van der Waals surface area contributed by atoms with Gasteiger partial charge in [0.2, 0.25) is 11.7 Å². The predicted molar refractivity (Wildman–Crippen MR) is 138 cm³/mol. The highest BCUT2D eigenvalue weighted by Crippen LogP contribution is 2.67. The lowest BCUT2D eigenvalue weighted by Crippen LogP contribution is -2.61. The van der Waals surface area contributed by atoms with E-state index < -0.39 is 22.9 Å². The molecule has 0 spiro atoms. The number of ketones is 2. The fourth-order valence-corrected chi connectivity index (χ4v) is 8.33. The number of aliphatic hydroxyl groups is 2. The maximum atomic E-state index is 13.6. The highest BCUT2D eigenvalue weighted by molar-refractivity contribution is 6.31. The summed E-state index contributed by atoms with van der Waals surface area (Å²) in [5.74, 6) is 0.0486. The number of carbonyl (C=O) groups excluding carboxylic acids is 2. The number of hydrogen-bond acceptors (Lipinski definition) is 7. The Bertz CT molecular complexity index is 1370. The number of Topliss-reactive ketones (excluding diaryl/α,β-unsaturated/α-hetero) is 1. The van der Waals surface area contributed by atoms with E-state index in [0.717, 1.165) is 18.4 Å². The van der Waals surface area contributed by atoms with Crippen molar-refractivity contribution in [2.75, 3.05) is 6.61 Å². The fraction of sp³-hybridized carbons (Fsp3) is 0.517. The molecule has 3 fully saturated rings. The van der Waals surface area contributed by atoms with Gasteiger partial charge in [0.15, 0.2) is 12.4 Å². The van der Waals surface area contributed by atoms with E-state index in [0.29, 0.717) is 35.2 Å². The van der Waals surface area contributed by atoms with Gasteiger partial charge in [-0.1, -0.05) is 37.1 Å². The molecule has 194 valence electrons. The number of rotatable bonds is 4. The number of carbonyl (C=O) groups is 2. The second kappa shape index (κ2) is 8.45. The molecule has 1 aromatic heterocycles. The highest BCUT2D eigenvalue weighted by atomic mass is 35.5. The summed E-state index contributed by atoms with van der Waals surface area (Å²) in [5.41, 5.74) is -1.08. The monoisotopic (exact) mass is 522 g/mol. The first-order chi connectivity index (χ1) is 17.6. The first kappa shape index (κ1) is 24.7. The van der Waals surface area contributed by atoms with Gasteiger partial charge in [0.25, 0.3) is 0 Å². The zero-order valence-corrected chi connectivity index (χ0v) is 21.7. The Labute approximate surface area is 220 Å². The summed E-state index contributed by atoms with van der Waals surface area (Å²) in [6.45, 7) is 3.75. The molecule has 0 aliphatic heterocycles. The lowest BCUT2D eigenvalue weighted by molar-refractivity contribution is -0.178. The van der Waals surface area contributed by atoms with E-state index in [2.05, 4.69) is 16.9 Å². The van der Waals surface area contributed by atoms with E-state index in [1.54, 1.807) is 30.4 Å². The SMILES string of the molecule is CC12C=CC(=O)C=C1CCC1C2C(O)CC2(C)C1CC[C@]2(O)C(=O)COc1ncnc2cc(Cl)ccc12. The molecule has 0 bridgehead atoms. The van der Waals surface area contributed by atoms with Gasteiger partial charge in [-0.25, -0.2) is 9.97 Å². The fourth-order valence-electron chi connectivity index (χ4n) is 8.16. The number of nitrogens with zero attached hydrogens (tertiary/aromatic N) is 2. The number of halogens is 1. The van der Waals surface area contributed by atoms with Gasteiger partial charge in [0.05, 0.1) is 17.0 Å². The molecule has 6 unspecified atom stereocenters. The van der Waals surface area contributed by atoms with Crippen molar-refractivity contribution in [3.63, 3.8) is 0 Å². The predicted octanol–water partition coefficient (Wildman–Crippen LogP) is 4.24. The number of benzene rings is 1. The molecule has 3 saturated carbocycles. The van der Waals surface area contributed by atoms with E-state index in [1.807, 2.05) is 13.0 Å². The summed E-state index contributed by atoms with van der Waals surface area (Å²) >= 11 is 6.07. The zero-order valence-electron chi connectivity index (χ0n) is 21.0. The average molecular weight is 523 g/mol. The van der Waals surface area contributed by atoms with E-state index >= 15 is 0 Å². The number of aromatic nitrogens is 2. The first-order valence-electron chi connectivity index (χ1n) is 13.0. The quantitative estimate of drug-likeness (QED) is 0.618. The van der Waals surface area contributed by atoms with Crippen LogP contribution >= 0.6 is 11.6 Å². The van der Waals surface area contributed by atoms with Crippen LogP contribution < -0.4 is 4.74 Å². The highest BCUT2D eigenvalue weighted by Gasteiger charge is 2.68. The number of fused-ring (bicyclic) bond motifs is 6. The van der Waals surface area contributed by atoms with Gasteiger partial charge in [0.1, 0.15) is 11.9 Å². The van der Waals surface area contributed by atoms with Crippen molar-refractivity contribution in [2.24, 2.45) is 28.6 Å². The molecular formula is C29H31ClN2O5. The van der Waals surface area contributed by atoms with Gasteiger partial charge in [0, 0.05) is 21.8 Å². The Kier molecular flexibility index (Phi) is 5.64. The summed E-state index contributed by atoms with van der Waals surface area (Å²) in [7, 11) is 0.